The Hall–Kier alpha value is -1.11. The maximum Gasteiger partial charge on any atom is 0.169 e. The molecule has 0 aliphatic carbocycles. The molecule has 0 bridgehead atoms. The fraction of sp³-hybridized carbons (Fsp3) is 0.545. The normalized spacial score (nSPS) is 22.8. The molecule has 1 aromatic heterocycles. The van der Waals surface area contributed by atoms with Gasteiger partial charge >= 0.3 is 0 Å². The van der Waals surface area contributed by atoms with Crippen molar-refractivity contribution in [2.75, 3.05) is 26.2 Å². The summed E-state index contributed by atoms with van der Waals surface area (Å²) in [5.74, 6) is 0.158. The molecule has 0 spiro atoms. The van der Waals surface area contributed by atoms with Gasteiger partial charge in [0.05, 0.1) is 6.61 Å². The molecule has 94 valence electrons. The largest absolute Gasteiger partial charge is 0.409 e. The summed E-state index contributed by atoms with van der Waals surface area (Å²) in [6.07, 6.45) is 0.762. The van der Waals surface area contributed by atoms with Gasteiger partial charge in [-0.3, -0.25) is 4.90 Å². The first-order valence-corrected chi connectivity index (χ1v) is 6.51. The molecular weight excluding hydrogens is 238 g/mol. The van der Waals surface area contributed by atoms with Gasteiger partial charge in [-0.2, -0.15) is 0 Å². The molecule has 2 rings (SSSR count). The topological polar surface area (TPSA) is 71.1 Å². The van der Waals surface area contributed by atoms with Crippen LogP contribution in [0.4, 0.5) is 0 Å². The van der Waals surface area contributed by atoms with Gasteiger partial charge < -0.3 is 15.7 Å². The average molecular weight is 255 g/mol. The number of oxime groups is 1. The van der Waals surface area contributed by atoms with E-state index in [1.807, 2.05) is 0 Å². The van der Waals surface area contributed by atoms with Crippen LogP contribution >= 0.6 is 11.3 Å². The van der Waals surface area contributed by atoms with Gasteiger partial charge in [-0.05, 0) is 17.9 Å². The van der Waals surface area contributed by atoms with Crippen molar-refractivity contribution in [3.63, 3.8) is 0 Å². The third kappa shape index (κ3) is 3.42. The van der Waals surface area contributed by atoms with E-state index in [-0.39, 0.29) is 11.9 Å². The van der Waals surface area contributed by atoms with Gasteiger partial charge in [-0.15, -0.1) is 11.3 Å². The van der Waals surface area contributed by atoms with Crippen LogP contribution in [0.2, 0.25) is 0 Å². The Bertz CT molecular complexity index is 367. The lowest BCUT2D eigenvalue weighted by Crippen LogP contribution is -2.48. The molecule has 1 aliphatic heterocycles. The molecule has 17 heavy (non-hydrogen) atoms. The second-order valence-electron chi connectivity index (χ2n) is 4.01. The molecule has 0 radical (unpaired) electrons. The molecule has 3 N–H and O–H groups in total. The van der Waals surface area contributed by atoms with Crippen molar-refractivity contribution in [2.45, 2.75) is 12.5 Å². The maximum atomic E-state index is 8.62. The molecule has 1 aromatic rings. The second-order valence-corrected chi connectivity index (χ2v) is 5.05. The number of ether oxygens (including phenoxy) is 1. The molecule has 0 aromatic carbocycles. The van der Waals surface area contributed by atoms with Crippen LogP contribution in [0.1, 0.15) is 4.88 Å². The van der Waals surface area contributed by atoms with Crippen LogP contribution in [0, 0.1) is 0 Å². The zero-order valence-electron chi connectivity index (χ0n) is 9.58. The van der Waals surface area contributed by atoms with Crippen molar-refractivity contribution in [2.24, 2.45) is 10.9 Å². The van der Waals surface area contributed by atoms with Crippen LogP contribution in [0.3, 0.4) is 0 Å². The Kier molecular flexibility index (Phi) is 4.36. The zero-order chi connectivity index (χ0) is 12.1. The molecular formula is C11H17N3O2S. The van der Waals surface area contributed by atoms with Crippen LogP contribution in [0.5, 0.6) is 0 Å². The van der Waals surface area contributed by atoms with Crippen LogP contribution in [-0.2, 0) is 11.2 Å². The summed E-state index contributed by atoms with van der Waals surface area (Å²) in [4.78, 5) is 3.67. The predicted molar refractivity (Wildman–Crippen MR) is 67.6 cm³/mol. The molecule has 0 saturated carbocycles. The van der Waals surface area contributed by atoms with Gasteiger partial charge in [0, 0.05) is 24.5 Å². The highest BCUT2D eigenvalue weighted by molar-refractivity contribution is 7.09. The van der Waals surface area contributed by atoms with Crippen molar-refractivity contribution in [1.82, 2.24) is 4.90 Å². The van der Waals surface area contributed by atoms with E-state index >= 15 is 0 Å². The number of thiophene rings is 1. The Morgan fingerprint density at radius 3 is 3.29 bits per heavy atom. The Morgan fingerprint density at radius 1 is 1.71 bits per heavy atom. The Labute approximate surface area is 104 Å². The summed E-state index contributed by atoms with van der Waals surface area (Å²) in [6.45, 7) is 3.21. The maximum absolute atomic E-state index is 8.62. The molecule has 5 nitrogen and oxygen atoms in total. The number of rotatable bonds is 4. The molecule has 1 aliphatic rings. The highest BCUT2D eigenvalue weighted by atomic mass is 32.1. The molecule has 1 fully saturated rings. The molecule has 2 heterocycles. The van der Waals surface area contributed by atoms with Crippen LogP contribution in [0.15, 0.2) is 22.7 Å². The minimum absolute atomic E-state index is 0.158. The summed E-state index contributed by atoms with van der Waals surface area (Å²) >= 11 is 1.78. The second kappa shape index (κ2) is 6.00. The zero-order valence-corrected chi connectivity index (χ0v) is 10.4. The van der Waals surface area contributed by atoms with Crippen LogP contribution in [0.25, 0.3) is 0 Å². The van der Waals surface area contributed by atoms with Gasteiger partial charge in [0.1, 0.15) is 6.10 Å². The summed E-state index contributed by atoms with van der Waals surface area (Å²) in [5.41, 5.74) is 5.55. The van der Waals surface area contributed by atoms with Crippen molar-refractivity contribution in [3.05, 3.63) is 22.4 Å². The average Bonchev–Trinajstić information content (AvgIpc) is 2.89. The molecule has 0 amide bonds. The first-order chi connectivity index (χ1) is 8.29. The smallest absolute Gasteiger partial charge is 0.169 e. The SMILES string of the molecule is N/C(=N\O)C1CN(CCc2cccs2)CCO1. The van der Waals surface area contributed by atoms with Gasteiger partial charge in [0.2, 0.25) is 0 Å². The van der Waals surface area contributed by atoms with Crippen molar-refractivity contribution >= 4 is 17.2 Å². The highest BCUT2D eigenvalue weighted by Crippen LogP contribution is 2.11. The minimum atomic E-state index is -0.280. The van der Waals surface area contributed by atoms with E-state index in [1.54, 1.807) is 11.3 Å². The van der Waals surface area contributed by atoms with E-state index < -0.39 is 0 Å². The number of amidine groups is 1. The van der Waals surface area contributed by atoms with Gasteiger partial charge in [-0.25, -0.2) is 0 Å². The first kappa shape index (κ1) is 12.3. The predicted octanol–water partition coefficient (Wildman–Crippen LogP) is 0.738. The third-order valence-electron chi connectivity index (χ3n) is 2.85. The molecule has 1 unspecified atom stereocenters. The van der Waals surface area contributed by atoms with E-state index in [9.17, 15) is 0 Å². The monoisotopic (exact) mass is 255 g/mol. The lowest BCUT2D eigenvalue weighted by molar-refractivity contribution is 0.00525. The lowest BCUT2D eigenvalue weighted by atomic mass is 10.2. The van der Waals surface area contributed by atoms with E-state index in [2.05, 4.69) is 27.6 Å². The third-order valence-corrected chi connectivity index (χ3v) is 3.79. The first-order valence-electron chi connectivity index (χ1n) is 5.63. The van der Waals surface area contributed by atoms with Crippen LogP contribution < -0.4 is 5.73 Å². The Morgan fingerprint density at radius 2 is 2.59 bits per heavy atom. The van der Waals surface area contributed by atoms with E-state index in [0.717, 1.165) is 19.5 Å². The quantitative estimate of drug-likeness (QED) is 0.360. The van der Waals surface area contributed by atoms with E-state index in [4.69, 9.17) is 15.7 Å². The lowest BCUT2D eigenvalue weighted by Gasteiger charge is -2.31. The highest BCUT2D eigenvalue weighted by Gasteiger charge is 2.23. The number of hydrogen-bond acceptors (Lipinski definition) is 5. The number of hydrogen-bond donors (Lipinski definition) is 2. The molecule has 6 heteroatoms. The molecule has 1 saturated heterocycles. The van der Waals surface area contributed by atoms with Gasteiger partial charge in [0.15, 0.2) is 5.84 Å². The van der Waals surface area contributed by atoms with Crippen molar-refractivity contribution in [1.29, 1.82) is 0 Å². The molecule has 1 atom stereocenters. The fourth-order valence-corrected chi connectivity index (χ4v) is 2.57. The van der Waals surface area contributed by atoms with Crippen LogP contribution in [-0.4, -0.2) is 48.3 Å². The summed E-state index contributed by atoms with van der Waals surface area (Å²) in [5, 5.41) is 13.7. The minimum Gasteiger partial charge on any atom is -0.409 e. The number of nitrogens with two attached hydrogens (primary N) is 1. The van der Waals surface area contributed by atoms with Crippen molar-refractivity contribution < 1.29 is 9.94 Å². The standard InChI is InChI=1S/C11H17N3O2S/c12-11(13-15)10-8-14(5-6-16-10)4-3-9-2-1-7-17-9/h1-2,7,10,15H,3-6,8H2,(H2,12,13). The van der Waals surface area contributed by atoms with Crippen molar-refractivity contribution in [3.8, 4) is 0 Å². The number of nitrogens with zero attached hydrogens (tertiary/aromatic N) is 2. The Balaban J connectivity index is 1.81. The fourth-order valence-electron chi connectivity index (χ4n) is 1.87. The van der Waals surface area contributed by atoms with E-state index in [0.29, 0.717) is 13.2 Å². The van der Waals surface area contributed by atoms with Gasteiger partial charge in [0.25, 0.3) is 0 Å². The summed E-state index contributed by atoms with van der Waals surface area (Å²) in [7, 11) is 0. The summed E-state index contributed by atoms with van der Waals surface area (Å²) < 4.78 is 5.44. The van der Waals surface area contributed by atoms with E-state index in [1.165, 1.54) is 4.88 Å². The number of morpholine rings is 1. The van der Waals surface area contributed by atoms with Gasteiger partial charge in [-0.1, -0.05) is 11.2 Å². The summed E-state index contributed by atoms with van der Waals surface area (Å²) in [6, 6.07) is 4.21.